The molecule has 0 spiro atoms. The van der Waals surface area contributed by atoms with Gasteiger partial charge in [-0.1, -0.05) is 20.8 Å². The Balaban J connectivity index is 2.14. The van der Waals surface area contributed by atoms with Gasteiger partial charge in [0.25, 0.3) is 5.56 Å². The third kappa shape index (κ3) is 3.13. The Morgan fingerprint density at radius 3 is 2.82 bits per heavy atom. The van der Waals surface area contributed by atoms with Gasteiger partial charge in [0.2, 0.25) is 0 Å². The number of hydrogen-bond donors (Lipinski definition) is 0. The first-order valence-electron chi connectivity index (χ1n) is 5.68. The van der Waals surface area contributed by atoms with Gasteiger partial charge < -0.3 is 4.57 Å². The smallest absolute Gasteiger partial charge is 0.259 e. The average molecular weight is 267 g/mol. The summed E-state index contributed by atoms with van der Waals surface area (Å²) in [5.41, 5.74) is 0.137. The van der Waals surface area contributed by atoms with Gasteiger partial charge in [0.15, 0.2) is 0 Å². The largest absolute Gasteiger partial charge is 0.314 e. The Bertz CT molecular complexity index is 563. The summed E-state index contributed by atoms with van der Waals surface area (Å²) < 4.78 is 3.15. The van der Waals surface area contributed by atoms with E-state index >= 15 is 0 Å². The number of pyridine rings is 1. The maximum Gasteiger partial charge on any atom is 0.259 e. The SMILES string of the molecule is CC(C)(C)SCCn1ccc2sccc2c1=O. The molecule has 4 heteroatoms. The van der Waals surface area contributed by atoms with E-state index in [9.17, 15) is 4.79 Å². The van der Waals surface area contributed by atoms with Crippen LogP contribution in [0.2, 0.25) is 0 Å². The lowest BCUT2D eigenvalue weighted by atomic mass is 10.3. The lowest BCUT2D eigenvalue weighted by Gasteiger charge is -2.17. The zero-order valence-electron chi connectivity index (χ0n) is 10.4. The molecule has 2 aromatic heterocycles. The summed E-state index contributed by atoms with van der Waals surface area (Å²) in [7, 11) is 0. The fourth-order valence-corrected chi connectivity index (χ4v) is 3.31. The van der Waals surface area contributed by atoms with Gasteiger partial charge >= 0.3 is 0 Å². The van der Waals surface area contributed by atoms with Crippen molar-refractivity contribution in [1.29, 1.82) is 0 Å². The molecule has 0 radical (unpaired) electrons. The van der Waals surface area contributed by atoms with Crippen molar-refractivity contribution < 1.29 is 0 Å². The number of hydrogen-bond acceptors (Lipinski definition) is 3. The quantitative estimate of drug-likeness (QED) is 0.847. The van der Waals surface area contributed by atoms with Crippen LogP contribution in [0.4, 0.5) is 0 Å². The summed E-state index contributed by atoms with van der Waals surface area (Å²) in [4.78, 5) is 12.1. The Morgan fingerprint density at radius 1 is 1.35 bits per heavy atom. The Morgan fingerprint density at radius 2 is 2.12 bits per heavy atom. The molecule has 92 valence electrons. The van der Waals surface area contributed by atoms with Gasteiger partial charge in [-0.3, -0.25) is 4.79 Å². The molecule has 0 unspecified atom stereocenters. The molecule has 0 aliphatic heterocycles. The van der Waals surface area contributed by atoms with Crippen LogP contribution in [0.25, 0.3) is 10.1 Å². The highest BCUT2D eigenvalue weighted by Crippen LogP contribution is 2.23. The average Bonchev–Trinajstić information content (AvgIpc) is 2.68. The van der Waals surface area contributed by atoms with Crippen molar-refractivity contribution in [2.45, 2.75) is 32.1 Å². The number of fused-ring (bicyclic) bond motifs is 1. The minimum Gasteiger partial charge on any atom is -0.314 e. The topological polar surface area (TPSA) is 22.0 Å². The van der Waals surface area contributed by atoms with Crippen LogP contribution in [0.1, 0.15) is 20.8 Å². The van der Waals surface area contributed by atoms with Gasteiger partial charge in [-0.05, 0) is 17.5 Å². The van der Waals surface area contributed by atoms with Crippen molar-refractivity contribution in [2.24, 2.45) is 0 Å². The highest BCUT2D eigenvalue weighted by atomic mass is 32.2. The van der Waals surface area contributed by atoms with E-state index in [0.717, 1.165) is 22.4 Å². The van der Waals surface area contributed by atoms with Crippen molar-refractivity contribution in [3.8, 4) is 0 Å². The Labute approximate surface area is 110 Å². The molecule has 0 atom stereocenters. The predicted molar refractivity (Wildman–Crippen MR) is 78.3 cm³/mol. The standard InChI is InChI=1S/C13H17NOS2/c1-13(2,3)17-9-7-14-6-4-11-10(12(14)15)5-8-16-11/h4-6,8H,7,9H2,1-3H3. The molecule has 0 saturated heterocycles. The molecule has 0 saturated carbocycles. The van der Waals surface area contributed by atoms with Crippen LogP contribution in [0.3, 0.4) is 0 Å². The van der Waals surface area contributed by atoms with E-state index in [4.69, 9.17) is 0 Å². The number of aromatic nitrogens is 1. The molecule has 2 nitrogen and oxygen atoms in total. The van der Waals surface area contributed by atoms with Gasteiger partial charge in [0.05, 0.1) is 5.39 Å². The highest BCUT2D eigenvalue weighted by Gasteiger charge is 2.10. The maximum absolute atomic E-state index is 12.1. The van der Waals surface area contributed by atoms with Gasteiger partial charge in [-0.25, -0.2) is 0 Å². The van der Waals surface area contributed by atoms with Crippen LogP contribution < -0.4 is 5.56 Å². The summed E-state index contributed by atoms with van der Waals surface area (Å²) >= 11 is 3.51. The lowest BCUT2D eigenvalue weighted by molar-refractivity contribution is 0.732. The van der Waals surface area contributed by atoms with E-state index in [1.165, 1.54) is 0 Å². The third-order valence-corrected chi connectivity index (χ3v) is 4.59. The Hall–Kier alpha value is -0.740. The van der Waals surface area contributed by atoms with Crippen LogP contribution in [0.5, 0.6) is 0 Å². The summed E-state index contributed by atoms with van der Waals surface area (Å²) in [6.45, 7) is 7.38. The molecule has 0 aromatic carbocycles. The molecule has 0 amide bonds. The summed E-state index contributed by atoms with van der Waals surface area (Å²) in [5.74, 6) is 0.971. The van der Waals surface area contributed by atoms with E-state index in [1.807, 2.05) is 40.0 Å². The molecule has 2 heterocycles. The van der Waals surface area contributed by atoms with Crippen molar-refractivity contribution in [3.05, 3.63) is 34.1 Å². The lowest BCUT2D eigenvalue weighted by Crippen LogP contribution is -2.21. The molecule has 17 heavy (non-hydrogen) atoms. The first-order chi connectivity index (χ1) is 7.97. The zero-order chi connectivity index (χ0) is 12.5. The molecular formula is C13H17NOS2. The second kappa shape index (κ2) is 4.86. The second-order valence-electron chi connectivity index (χ2n) is 4.97. The molecular weight excluding hydrogens is 250 g/mol. The van der Waals surface area contributed by atoms with E-state index in [1.54, 1.807) is 11.3 Å². The van der Waals surface area contributed by atoms with Crippen molar-refractivity contribution in [1.82, 2.24) is 4.57 Å². The number of thiophene rings is 1. The Kier molecular flexibility index (Phi) is 3.64. The molecule has 0 N–H and O–H groups in total. The normalized spacial score (nSPS) is 12.2. The zero-order valence-corrected chi connectivity index (χ0v) is 12.0. The van der Waals surface area contributed by atoms with Gasteiger partial charge in [-0.15, -0.1) is 11.3 Å². The number of nitrogens with zero attached hydrogens (tertiary/aromatic N) is 1. The van der Waals surface area contributed by atoms with Crippen molar-refractivity contribution in [2.75, 3.05) is 5.75 Å². The second-order valence-corrected chi connectivity index (χ2v) is 7.84. The van der Waals surface area contributed by atoms with Crippen LogP contribution >= 0.6 is 23.1 Å². The number of rotatable bonds is 3. The van der Waals surface area contributed by atoms with Crippen molar-refractivity contribution in [3.63, 3.8) is 0 Å². The molecule has 2 rings (SSSR count). The summed E-state index contributed by atoms with van der Waals surface area (Å²) in [6, 6.07) is 3.94. The summed E-state index contributed by atoms with van der Waals surface area (Å²) in [6.07, 6.45) is 1.91. The molecule has 0 aliphatic rings. The van der Waals surface area contributed by atoms with E-state index < -0.39 is 0 Å². The molecule has 0 aliphatic carbocycles. The first-order valence-corrected chi connectivity index (χ1v) is 7.54. The van der Waals surface area contributed by atoms with Crippen LogP contribution in [0, 0.1) is 0 Å². The minimum atomic E-state index is 0.137. The van der Waals surface area contributed by atoms with Crippen LogP contribution in [-0.4, -0.2) is 15.1 Å². The maximum atomic E-state index is 12.1. The fourth-order valence-electron chi connectivity index (χ4n) is 1.63. The van der Waals surface area contributed by atoms with Gasteiger partial charge in [0.1, 0.15) is 0 Å². The fraction of sp³-hybridized carbons (Fsp3) is 0.462. The van der Waals surface area contributed by atoms with Crippen LogP contribution in [0.15, 0.2) is 28.5 Å². The molecule has 0 fully saturated rings. The molecule has 2 aromatic rings. The molecule has 0 bridgehead atoms. The van der Waals surface area contributed by atoms with Crippen LogP contribution in [-0.2, 0) is 6.54 Å². The van der Waals surface area contributed by atoms with Gasteiger partial charge in [0, 0.05) is 27.9 Å². The van der Waals surface area contributed by atoms with E-state index in [0.29, 0.717) is 0 Å². The monoisotopic (exact) mass is 267 g/mol. The number of thioether (sulfide) groups is 1. The van der Waals surface area contributed by atoms with E-state index in [2.05, 4.69) is 20.8 Å². The minimum absolute atomic E-state index is 0.137. The highest BCUT2D eigenvalue weighted by molar-refractivity contribution is 8.00. The summed E-state index contributed by atoms with van der Waals surface area (Å²) in [5, 5.41) is 2.82. The van der Waals surface area contributed by atoms with Crippen molar-refractivity contribution >= 4 is 33.2 Å². The van der Waals surface area contributed by atoms with E-state index in [-0.39, 0.29) is 10.3 Å². The number of aryl methyl sites for hydroxylation is 1. The first kappa shape index (κ1) is 12.7. The third-order valence-electron chi connectivity index (χ3n) is 2.46. The van der Waals surface area contributed by atoms with Gasteiger partial charge in [-0.2, -0.15) is 11.8 Å². The predicted octanol–water partition coefficient (Wildman–Crippen LogP) is 3.59.